The van der Waals surface area contributed by atoms with Crippen molar-refractivity contribution in [2.24, 2.45) is 0 Å². The third kappa shape index (κ3) is 5.61. The second kappa shape index (κ2) is 9.44. The van der Waals surface area contributed by atoms with Crippen LogP contribution in [0.1, 0.15) is 35.3 Å². The molecule has 0 radical (unpaired) electrons. The zero-order valence-corrected chi connectivity index (χ0v) is 15.7. The molecule has 0 saturated heterocycles. The lowest BCUT2D eigenvalue weighted by atomic mass is 10.0. The first-order chi connectivity index (χ1) is 12.9. The Bertz CT molecular complexity index is 866. The number of benzene rings is 2. The molecule has 2 rings (SSSR count). The van der Waals surface area contributed by atoms with Crippen molar-refractivity contribution < 1.29 is 14.6 Å². The molecule has 0 saturated carbocycles. The minimum Gasteiger partial charge on any atom is -0.508 e. The van der Waals surface area contributed by atoms with Crippen LogP contribution in [-0.2, 0) is 12.8 Å². The maximum atomic E-state index is 12.4. The van der Waals surface area contributed by atoms with E-state index in [2.05, 4.69) is 16.7 Å². The van der Waals surface area contributed by atoms with E-state index in [1.54, 1.807) is 30.3 Å². The van der Waals surface area contributed by atoms with Crippen molar-refractivity contribution in [3.05, 3.63) is 77.2 Å². The molecule has 27 heavy (non-hydrogen) atoms. The Kier molecular flexibility index (Phi) is 7.01. The highest BCUT2D eigenvalue weighted by molar-refractivity contribution is 5.95. The van der Waals surface area contributed by atoms with E-state index in [1.165, 1.54) is 0 Å². The van der Waals surface area contributed by atoms with Crippen molar-refractivity contribution in [3.8, 4) is 11.5 Å². The topological polar surface area (TPSA) is 62.9 Å². The van der Waals surface area contributed by atoms with E-state index in [0.717, 1.165) is 11.1 Å². The SMILES string of the molecule is [C-]#[N+]c1cc(C(=O)NCCc2ccc(O)c(CC=C)c2)ccc1OC(C)C. The highest BCUT2D eigenvalue weighted by Crippen LogP contribution is 2.29. The number of allylic oxidation sites excluding steroid dienone is 1. The van der Waals surface area contributed by atoms with Crippen LogP contribution in [0.4, 0.5) is 5.69 Å². The Balaban J connectivity index is 1.99. The van der Waals surface area contributed by atoms with Crippen LogP contribution in [0.5, 0.6) is 11.5 Å². The number of nitrogens with one attached hydrogen (secondary N) is 1. The lowest BCUT2D eigenvalue weighted by Crippen LogP contribution is -2.25. The van der Waals surface area contributed by atoms with E-state index >= 15 is 0 Å². The molecule has 0 bridgehead atoms. The number of rotatable bonds is 8. The van der Waals surface area contributed by atoms with E-state index in [4.69, 9.17) is 11.3 Å². The van der Waals surface area contributed by atoms with E-state index in [9.17, 15) is 9.90 Å². The van der Waals surface area contributed by atoms with E-state index in [1.807, 2.05) is 26.0 Å². The summed E-state index contributed by atoms with van der Waals surface area (Å²) in [5.41, 5.74) is 2.59. The van der Waals surface area contributed by atoms with Gasteiger partial charge in [0.25, 0.3) is 0 Å². The monoisotopic (exact) mass is 364 g/mol. The molecule has 1 amide bonds. The minimum atomic E-state index is -0.235. The van der Waals surface area contributed by atoms with Gasteiger partial charge in [0, 0.05) is 12.1 Å². The Morgan fingerprint density at radius 1 is 1.33 bits per heavy atom. The largest absolute Gasteiger partial charge is 0.508 e. The van der Waals surface area contributed by atoms with Crippen molar-refractivity contribution in [2.75, 3.05) is 6.54 Å². The van der Waals surface area contributed by atoms with Crippen LogP contribution < -0.4 is 10.1 Å². The zero-order valence-electron chi connectivity index (χ0n) is 15.7. The maximum Gasteiger partial charge on any atom is 0.250 e. The van der Waals surface area contributed by atoms with Crippen LogP contribution in [-0.4, -0.2) is 23.7 Å². The minimum absolute atomic E-state index is 0.0403. The molecule has 5 heteroatoms. The molecule has 140 valence electrons. The van der Waals surface area contributed by atoms with Gasteiger partial charge < -0.3 is 15.2 Å². The smallest absolute Gasteiger partial charge is 0.250 e. The lowest BCUT2D eigenvalue weighted by Gasteiger charge is -2.12. The predicted molar refractivity (Wildman–Crippen MR) is 107 cm³/mol. The third-order valence-electron chi connectivity index (χ3n) is 3.91. The summed E-state index contributed by atoms with van der Waals surface area (Å²) in [6.45, 7) is 15.2. The molecule has 0 spiro atoms. The normalized spacial score (nSPS) is 10.3. The summed E-state index contributed by atoms with van der Waals surface area (Å²) in [5, 5.41) is 12.7. The number of ether oxygens (including phenoxy) is 1. The quantitative estimate of drug-likeness (QED) is 0.538. The number of aromatic hydroxyl groups is 1. The number of phenols is 1. The number of hydrogen-bond donors (Lipinski definition) is 2. The van der Waals surface area contributed by atoms with E-state index in [0.29, 0.717) is 36.4 Å². The molecule has 0 unspecified atom stereocenters. The fourth-order valence-corrected chi connectivity index (χ4v) is 2.64. The average molecular weight is 364 g/mol. The molecule has 2 N–H and O–H groups in total. The van der Waals surface area contributed by atoms with Crippen molar-refractivity contribution >= 4 is 11.6 Å². The molecule has 0 aliphatic carbocycles. The van der Waals surface area contributed by atoms with Crippen LogP contribution in [0.2, 0.25) is 0 Å². The predicted octanol–water partition coefficient (Wildman–Crippen LogP) is 4.43. The molecule has 0 fully saturated rings. The molecule has 0 aliphatic rings. The van der Waals surface area contributed by atoms with Gasteiger partial charge >= 0.3 is 0 Å². The van der Waals surface area contributed by atoms with Crippen molar-refractivity contribution in [1.29, 1.82) is 0 Å². The molecule has 0 heterocycles. The number of phenolic OH excluding ortho intramolecular Hbond substituents is 1. The fraction of sp³-hybridized carbons (Fsp3) is 0.273. The Labute approximate surface area is 160 Å². The molecular weight excluding hydrogens is 340 g/mol. The first-order valence-electron chi connectivity index (χ1n) is 8.82. The van der Waals surface area contributed by atoms with Crippen LogP contribution in [0.3, 0.4) is 0 Å². The summed E-state index contributed by atoms with van der Waals surface area (Å²) in [6.07, 6.45) is 2.93. The Morgan fingerprint density at radius 2 is 2.11 bits per heavy atom. The van der Waals surface area contributed by atoms with Gasteiger partial charge in [-0.2, -0.15) is 0 Å². The van der Waals surface area contributed by atoms with Gasteiger partial charge in [-0.05, 0) is 62.1 Å². The molecular formula is C22H24N2O3. The molecule has 0 aliphatic heterocycles. The first-order valence-corrected chi connectivity index (χ1v) is 8.82. The van der Waals surface area contributed by atoms with Gasteiger partial charge in [0.2, 0.25) is 11.6 Å². The van der Waals surface area contributed by atoms with Crippen LogP contribution >= 0.6 is 0 Å². The van der Waals surface area contributed by atoms with Gasteiger partial charge in [0.1, 0.15) is 11.5 Å². The summed E-state index contributed by atoms with van der Waals surface area (Å²) < 4.78 is 5.58. The molecule has 0 aromatic heterocycles. The number of nitrogens with zero attached hydrogens (tertiary/aromatic N) is 1. The standard InChI is InChI=1S/C22H24N2O3/c1-5-6-17-13-16(7-9-20(17)25)11-12-24-22(26)18-8-10-21(27-15(2)3)19(14-18)23-4/h5,7-10,13-15,25H,1,6,11-12H2,2-3H3,(H,24,26). The van der Waals surface area contributed by atoms with Crippen LogP contribution in [0.15, 0.2) is 49.1 Å². The second-order valence-corrected chi connectivity index (χ2v) is 6.42. The molecule has 2 aromatic carbocycles. The number of carbonyl (C=O) groups excluding carboxylic acids is 1. The van der Waals surface area contributed by atoms with E-state index in [-0.39, 0.29) is 17.8 Å². The van der Waals surface area contributed by atoms with Crippen molar-refractivity contribution in [3.63, 3.8) is 0 Å². The van der Waals surface area contributed by atoms with Crippen molar-refractivity contribution in [2.45, 2.75) is 32.8 Å². The lowest BCUT2D eigenvalue weighted by molar-refractivity contribution is 0.0954. The zero-order chi connectivity index (χ0) is 19.8. The first kappa shape index (κ1) is 20.1. The van der Waals surface area contributed by atoms with Gasteiger partial charge in [-0.15, -0.1) is 6.58 Å². The van der Waals surface area contributed by atoms with Gasteiger partial charge in [0.15, 0.2) is 0 Å². The van der Waals surface area contributed by atoms with Gasteiger partial charge in [-0.3, -0.25) is 4.79 Å². The molecule has 5 nitrogen and oxygen atoms in total. The summed E-state index contributed by atoms with van der Waals surface area (Å²) in [7, 11) is 0. The maximum absolute atomic E-state index is 12.4. The average Bonchev–Trinajstić information content (AvgIpc) is 2.64. The van der Waals surface area contributed by atoms with Gasteiger partial charge in [-0.25, -0.2) is 4.85 Å². The summed E-state index contributed by atoms with van der Waals surface area (Å²) >= 11 is 0. The van der Waals surface area contributed by atoms with Gasteiger partial charge in [0.05, 0.1) is 12.7 Å². The van der Waals surface area contributed by atoms with E-state index < -0.39 is 0 Å². The summed E-state index contributed by atoms with van der Waals surface area (Å²) in [4.78, 5) is 15.8. The number of hydrogen-bond acceptors (Lipinski definition) is 3. The highest BCUT2D eigenvalue weighted by atomic mass is 16.5. The van der Waals surface area contributed by atoms with Crippen LogP contribution in [0.25, 0.3) is 4.85 Å². The highest BCUT2D eigenvalue weighted by Gasteiger charge is 2.11. The second-order valence-electron chi connectivity index (χ2n) is 6.42. The van der Waals surface area contributed by atoms with Crippen molar-refractivity contribution in [1.82, 2.24) is 5.32 Å². The fourth-order valence-electron chi connectivity index (χ4n) is 2.64. The number of amides is 1. The Hall–Kier alpha value is -3.26. The van der Waals surface area contributed by atoms with Crippen LogP contribution in [0, 0.1) is 6.57 Å². The number of carbonyl (C=O) groups is 1. The Morgan fingerprint density at radius 3 is 2.78 bits per heavy atom. The molecule has 2 aromatic rings. The van der Waals surface area contributed by atoms with Gasteiger partial charge in [-0.1, -0.05) is 18.2 Å². The third-order valence-corrected chi connectivity index (χ3v) is 3.91. The molecule has 0 atom stereocenters. The summed E-state index contributed by atoms with van der Waals surface area (Å²) in [5.74, 6) is 0.495. The summed E-state index contributed by atoms with van der Waals surface area (Å²) in [6, 6.07) is 10.3.